The van der Waals surface area contributed by atoms with Gasteiger partial charge in [-0.15, -0.1) is 0 Å². The van der Waals surface area contributed by atoms with Gasteiger partial charge in [0.25, 0.3) is 0 Å². The van der Waals surface area contributed by atoms with Crippen LogP contribution in [0.1, 0.15) is 5.82 Å². The van der Waals surface area contributed by atoms with E-state index in [9.17, 15) is 4.79 Å². The van der Waals surface area contributed by atoms with Gasteiger partial charge in [0.1, 0.15) is 0 Å². The summed E-state index contributed by atoms with van der Waals surface area (Å²) in [7, 11) is 0. The van der Waals surface area contributed by atoms with Crippen molar-refractivity contribution in [2.75, 3.05) is 0 Å². The first-order valence-corrected chi connectivity index (χ1v) is 16.3. The van der Waals surface area contributed by atoms with Crippen LogP contribution >= 0.6 is 0 Å². The molecule has 2 heterocycles. The van der Waals surface area contributed by atoms with Crippen molar-refractivity contribution in [1.82, 2.24) is 14.4 Å². The second-order valence-corrected chi connectivity index (χ2v) is 12.3. The Kier molecular flexibility index (Phi) is 6.56. The lowest BCUT2D eigenvalue weighted by atomic mass is 9.91. The molecule has 0 N–H and O–H groups in total. The monoisotopic (exact) mass is 627 g/mol. The summed E-state index contributed by atoms with van der Waals surface area (Å²) in [5.74, 6) is 0.327. The van der Waals surface area contributed by atoms with E-state index in [-0.39, 0.29) is 5.69 Å². The second-order valence-electron chi connectivity index (χ2n) is 12.3. The van der Waals surface area contributed by atoms with E-state index in [2.05, 4.69) is 127 Å². The number of hydrogen-bond donors (Lipinski definition) is 0. The summed E-state index contributed by atoms with van der Waals surface area (Å²) in [6.45, 7) is 7.65. The Morgan fingerprint density at radius 2 is 1.02 bits per heavy atom. The number of rotatable bonds is 5. The summed E-state index contributed by atoms with van der Waals surface area (Å²) in [5.41, 5.74) is 6.02. The molecule has 2 aromatic heterocycles. The molecule has 0 spiro atoms. The van der Waals surface area contributed by atoms with Gasteiger partial charge in [-0.3, -0.25) is 0 Å². The third-order valence-electron chi connectivity index (χ3n) is 9.56. The van der Waals surface area contributed by atoms with Crippen molar-refractivity contribution in [1.29, 1.82) is 0 Å². The Morgan fingerprint density at radius 1 is 0.510 bits per heavy atom. The van der Waals surface area contributed by atoms with Gasteiger partial charge in [-0.1, -0.05) is 141 Å². The third-order valence-corrected chi connectivity index (χ3v) is 9.56. The van der Waals surface area contributed by atoms with Crippen LogP contribution in [0.4, 0.5) is 0 Å². The first kappa shape index (κ1) is 28.6. The van der Waals surface area contributed by atoms with Gasteiger partial charge in [0.05, 0.1) is 5.52 Å². The first-order valence-electron chi connectivity index (χ1n) is 16.3. The van der Waals surface area contributed by atoms with Crippen LogP contribution in [0, 0.1) is 0 Å². The zero-order chi connectivity index (χ0) is 33.1. The summed E-state index contributed by atoms with van der Waals surface area (Å²) in [5, 5.41) is 10.4. The third kappa shape index (κ3) is 4.49. The van der Waals surface area contributed by atoms with Gasteiger partial charge >= 0.3 is 5.69 Å². The Hall–Kier alpha value is -6.65. The van der Waals surface area contributed by atoms with Crippen LogP contribution < -0.4 is 5.69 Å². The summed E-state index contributed by atoms with van der Waals surface area (Å²) >= 11 is 0. The summed E-state index contributed by atoms with van der Waals surface area (Å²) in [4.78, 5) is 22.8. The lowest BCUT2D eigenvalue weighted by Crippen LogP contribution is -2.21. The van der Waals surface area contributed by atoms with Crippen LogP contribution in [0.15, 0.2) is 170 Å². The molecule has 0 aliphatic rings. The largest absolute Gasteiger partial charge is 0.355 e. The molecule has 4 nitrogen and oxygen atoms in total. The predicted octanol–water partition coefficient (Wildman–Crippen LogP) is 10.9. The highest BCUT2D eigenvalue weighted by molar-refractivity contribution is 6.25. The van der Waals surface area contributed by atoms with E-state index in [1.807, 2.05) is 24.3 Å². The number of pyridine rings is 1. The van der Waals surface area contributed by atoms with Crippen LogP contribution in [-0.2, 0) is 0 Å². The van der Waals surface area contributed by atoms with E-state index in [4.69, 9.17) is 4.98 Å². The van der Waals surface area contributed by atoms with Crippen LogP contribution in [0.3, 0.4) is 0 Å². The average molecular weight is 628 g/mol. The Labute approximate surface area is 282 Å². The molecule has 0 aliphatic carbocycles. The molecule has 9 rings (SSSR count). The number of allylic oxidation sites excluding steroid dienone is 4. The second kappa shape index (κ2) is 11.3. The van der Waals surface area contributed by atoms with Gasteiger partial charge in [-0.2, -0.15) is 4.98 Å². The van der Waals surface area contributed by atoms with Crippen molar-refractivity contribution in [3.63, 3.8) is 0 Å². The molecule has 0 radical (unpaired) electrons. The van der Waals surface area contributed by atoms with E-state index >= 15 is 0 Å². The van der Waals surface area contributed by atoms with Gasteiger partial charge in [-0.05, 0) is 84.2 Å². The number of aromatic nitrogens is 3. The van der Waals surface area contributed by atoms with Crippen LogP contribution in [0.5, 0.6) is 0 Å². The highest BCUT2D eigenvalue weighted by Gasteiger charge is 2.16. The molecule has 230 valence electrons. The van der Waals surface area contributed by atoms with Gasteiger partial charge in [0.15, 0.2) is 11.5 Å². The lowest BCUT2D eigenvalue weighted by molar-refractivity contribution is 0.956. The molecular formula is C45H29N3O. The van der Waals surface area contributed by atoms with E-state index in [1.165, 1.54) is 32.3 Å². The molecule has 0 amide bonds. The molecule has 7 aromatic carbocycles. The first-order chi connectivity index (χ1) is 24.1. The number of benzene rings is 7. The van der Waals surface area contributed by atoms with Crippen molar-refractivity contribution in [2.24, 2.45) is 0 Å². The number of nitrogens with zero attached hydrogens (tertiary/aromatic N) is 3. The predicted molar refractivity (Wildman–Crippen MR) is 206 cm³/mol. The fraction of sp³-hybridized carbons (Fsp3) is 0. The average Bonchev–Trinajstić information content (AvgIpc) is 3.16. The lowest BCUT2D eigenvalue weighted by Gasteiger charge is -2.14. The quantitative estimate of drug-likeness (QED) is 0.141. The molecule has 4 heteroatoms. The molecule has 49 heavy (non-hydrogen) atoms. The van der Waals surface area contributed by atoms with Gasteiger partial charge < -0.3 is 0 Å². The minimum absolute atomic E-state index is 0.327. The summed E-state index contributed by atoms with van der Waals surface area (Å²) in [6, 6.07) is 47.1. The molecule has 0 fully saturated rings. The highest BCUT2D eigenvalue weighted by atomic mass is 16.1. The van der Waals surface area contributed by atoms with E-state index in [0.717, 1.165) is 43.9 Å². The fourth-order valence-electron chi connectivity index (χ4n) is 7.30. The minimum atomic E-state index is -0.390. The van der Waals surface area contributed by atoms with Crippen LogP contribution in [0.25, 0.3) is 87.5 Å². The minimum Gasteiger partial charge on any atom is -0.245 e. The van der Waals surface area contributed by atoms with Crippen LogP contribution in [-0.4, -0.2) is 14.4 Å². The topological polar surface area (TPSA) is 47.3 Å². The van der Waals surface area contributed by atoms with E-state index in [1.54, 1.807) is 22.6 Å². The molecule has 0 aliphatic heterocycles. The van der Waals surface area contributed by atoms with Crippen molar-refractivity contribution < 1.29 is 0 Å². The maximum atomic E-state index is 13.6. The SMILES string of the molecule is C=C/C=C(\C=C)c1nc(=O)n2c3ccc(-c4cccc(-c5ccc6c7ccccc7c7ccccc7c6c5)c4)cc3c3ccccc3c2n1. The zero-order valence-corrected chi connectivity index (χ0v) is 26.6. The molecule has 0 saturated carbocycles. The molecular weight excluding hydrogens is 599 g/mol. The fourth-order valence-corrected chi connectivity index (χ4v) is 7.30. The molecule has 0 atom stereocenters. The molecule has 0 unspecified atom stereocenters. The molecule has 9 aromatic rings. The standard InChI is InChI=1S/C45H29N3O/c1-3-12-28(4-2)43-46-44-39-20-10-9-19-37(39)41-27-32(22-24-42(41)48(44)45(49)47-43)30-14-11-13-29(25-30)31-21-23-38-35-17-6-5-15-33(35)34-16-7-8-18-36(34)40(38)26-31/h3-27H,1-2H2/b28-12+. The summed E-state index contributed by atoms with van der Waals surface area (Å²) < 4.78 is 1.61. The van der Waals surface area contributed by atoms with Crippen molar-refractivity contribution in [2.45, 2.75) is 0 Å². The maximum Gasteiger partial charge on any atom is 0.355 e. The number of fused-ring (bicyclic) bond motifs is 12. The Morgan fingerprint density at radius 3 is 1.63 bits per heavy atom. The zero-order valence-electron chi connectivity index (χ0n) is 26.6. The van der Waals surface area contributed by atoms with E-state index < -0.39 is 0 Å². The normalized spacial score (nSPS) is 12.0. The molecule has 0 bridgehead atoms. The maximum absolute atomic E-state index is 13.6. The van der Waals surface area contributed by atoms with E-state index in [0.29, 0.717) is 17.0 Å². The highest BCUT2D eigenvalue weighted by Crippen LogP contribution is 2.38. The smallest absolute Gasteiger partial charge is 0.245 e. The van der Waals surface area contributed by atoms with Crippen molar-refractivity contribution in [3.05, 3.63) is 181 Å². The van der Waals surface area contributed by atoms with Gasteiger partial charge in [0, 0.05) is 16.3 Å². The van der Waals surface area contributed by atoms with Gasteiger partial charge in [0.2, 0.25) is 0 Å². The van der Waals surface area contributed by atoms with Crippen molar-refractivity contribution in [3.8, 4) is 22.3 Å². The number of hydrogen-bond acceptors (Lipinski definition) is 3. The van der Waals surface area contributed by atoms with Gasteiger partial charge in [-0.25, -0.2) is 14.2 Å². The summed E-state index contributed by atoms with van der Waals surface area (Å²) in [6.07, 6.45) is 5.03. The Balaban J connectivity index is 1.22. The van der Waals surface area contributed by atoms with Crippen molar-refractivity contribution >= 4 is 65.2 Å². The Bertz CT molecular complexity index is 2910. The van der Waals surface area contributed by atoms with Crippen LogP contribution in [0.2, 0.25) is 0 Å². The molecule has 0 saturated heterocycles.